The summed E-state index contributed by atoms with van der Waals surface area (Å²) in [7, 11) is -3.79. The Morgan fingerprint density at radius 3 is 1.47 bits per heavy atom. The Hall–Kier alpha value is -1.91. The Balaban J connectivity index is 0.000000224. The van der Waals surface area contributed by atoms with E-state index in [4.69, 9.17) is 4.55 Å². The fraction of sp³-hybridized carbons (Fsp3) is 0.0667. The maximum absolute atomic E-state index is 9.72. The number of rotatable bonds is 3. The highest BCUT2D eigenvalue weighted by Gasteiger charge is 1.95. The molecule has 0 aromatic heterocycles. The topological polar surface area (TPSA) is 54.4 Å². The maximum atomic E-state index is 9.72. The molecule has 0 heterocycles. The third kappa shape index (κ3) is 6.55. The Morgan fingerprint density at radius 2 is 1.26 bits per heavy atom. The predicted molar refractivity (Wildman–Crippen MR) is 78.5 cm³/mol. The number of hydrogen-bond acceptors (Lipinski definition) is 2. The van der Waals surface area contributed by atoms with Crippen LogP contribution in [0.5, 0.6) is 0 Å². The third-order valence-corrected chi connectivity index (χ3v) is 2.87. The van der Waals surface area contributed by atoms with Crippen LogP contribution in [0.1, 0.15) is 0 Å². The first kappa shape index (κ1) is 15.1. The van der Waals surface area contributed by atoms with Crippen molar-refractivity contribution in [1.82, 2.24) is 0 Å². The molecular formula is C15H16O3S. The molecule has 2 aromatic carbocycles. The van der Waals surface area contributed by atoms with Crippen LogP contribution in [-0.4, -0.2) is 18.7 Å². The van der Waals surface area contributed by atoms with Gasteiger partial charge in [0.05, 0.1) is 5.75 Å². The van der Waals surface area contributed by atoms with E-state index in [2.05, 4.69) is 55.1 Å². The average Bonchev–Trinajstić information content (AvgIpc) is 2.40. The first-order valence-corrected chi connectivity index (χ1v) is 7.30. The molecule has 0 radical (unpaired) electrons. The van der Waals surface area contributed by atoms with Crippen molar-refractivity contribution in [2.45, 2.75) is 0 Å². The Kier molecular flexibility index (Phi) is 5.99. The molecule has 0 spiro atoms. The van der Waals surface area contributed by atoms with E-state index < -0.39 is 10.1 Å². The van der Waals surface area contributed by atoms with Gasteiger partial charge in [0.1, 0.15) is 0 Å². The second-order valence-corrected chi connectivity index (χ2v) is 5.27. The standard InChI is InChI=1S/C12H10.C3H6O3S/c1-3-7-11(8-4-1)12-9-5-2-6-10-12;1-2-3-7(4,5)6/h1-10H;2H,1,3H2,(H,4,5,6). The van der Waals surface area contributed by atoms with Crippen LogP contribution in [0.3, 0.4) is 0 Å². The van der Waals surface area contributed by atoms with Crippen LogP contribution in [0.15, 0.2) is 73.3 Å². The SMILES string of the molecule is C=CCS(=O)(=O)O.c1ccc(-c2ccccc2)cc1. The van der Waals surface area contributed by atoms with Gasteiger partial charge < -0.3 is 0 Å². The summed E-state index contributed by atoms with van der Waals surface area (Å²) in [6.07, 6.45) is 1.12. The molecule has 0 atom stereocenters. The van der Waals surface area contributed by atoms with E-state index in [1.807, 2.05) is 12.1 Å². The second kappa shape index (κ2) is 7.51. The van der Waals surface area contributed by atoms with Crippen molar-refractivity contribution in [3.8, 4) is 11.1 Å². The lowest BCUT2D eigenvalue weighted by Crippen LogP contribution is -1.99. The van der Waals surface area contributed by atoms with Gasteiger partial charge in [0, 0.05) is 0 Å². The summed E-state index contributed by atoms with van der Waals surface area (Å²) in [5.41, 5.74) is 2.55. The Bertz CT molecular complexity index is 552. The molecule has 0 aliphatic rings. The Morgan fingerprint density at radius 1 is 0.895 bits per heavy atom. The zero-order valence-corrected chi connectivity index (χ0v) is 11.3. The number of benzene rings is 2. The summed E-state index contributed by atoms with van der Waals surface area (Å²) in [4.78, 5) is 0. The van der Waals surface area contributed by atoms with Crippen LogP contribution < -0.4 is 0 Å². The average molecular weight is 276 g/mol. The van der Waals surface area contributed by atoms with Gasteiger partial charge in [-0.3, -0.25) is 4.55 Å². The fourth-order valence-corrected chi connectivity index (χ4v) is 1.71. The van der Waals surface area contributed by atoms with Crippen LogP contribution >= 0.6 is 0 Å². The van der Waals surface area contributed by atoms with Crippen LogP contribution in [0.4, 0.5) is 0 Å². The summed E-state index contributed by atoms with van der Waals surface area (Å²) in [6.45, 7) is 3.11. The molecule has 0 aliphatic carbocycles. The van der Waals surface area contributed by atoms with Gasteiger partial charge in [0.15, 0.2) is 0 Å². The van der Waals surface area contributed by atoms with Gasteiger partial charge in [-0.25, -0.2) is 0 Å². The first-order valence-electron chi connectivity index (χ1n) is 5.69. The summed E-state index contributed by atoms with van der Waals surface area (Å²) in [5, 5.41) is 0. The van der Waals surface area contributed by atoms with Gasteiger partial charge in [-0.1, -0.05) is 66.7 Å². The first-order chi connectivity index (χ1) is 9.03. The van der Waals surface area contributed by atoms with Crippen molar-refractivity contribution in [2.24, 2.45) is 0 Å². The van der Waals surface area contributed by atoms with E-state index in [0.29, 0.717) is 0 Å². The molecule has 4 heteroatoms. The highest BCUT2D eigenvalue weighted by atomic mass is 32.2. The number of hydrogen-bond donors (Lipinski definition) is 1. The molecule has 100 valence electrons. The molecule has 2 aromatic rings. The highest BCUT2D eigenvalue weighted by molar-refractivity contribution is 7.85. The van der Waals surface area contributed by atoms with E-state index in [1.54, 1.807) is 0 Å². The molecule has 0 aliphatic heterocycles. The minimum Gasteiger partial charge on any atom is -0.285 e. The second-order valence-electron chi connectivity index (χ2n) is 3.77. The quantitative estimate of drug-likeness (QED) is 0.690. The molecule has 3 nitrogen and oxygen atoms in total. The minimum atomic E-state index is -3.79. The van der Waals surface area contributed by atoms with Crippen molar-refractivity contribution in [3.05, 3.63) is 73.3 Å². The lowest BCUT2D eigenvalue weighted by atomic mass is 10.1. The zero-order valence-electron chi connectivity index (χ0n) is 10.4. The molecular weight excluding hydrogens is 260 g/mol. The van der Waals surface area contributed by atoms with Crippen LogP contribution in [0, 0.1) is 0 Å². The van der Waals surface area contributed by atoms with Gasteiger partial charge in [-0.2, -0.15) is 8.42 Å². The van der Waals surface area contributed by atoms with Crippen LogP contribution in [0.25, 0.3) is 11.1 Å². The highest BCUT2D eigenvalue weighted by Crippen LogP contribution is 2.17. The molecule has 0 fully saturated rings. The molecule has 19 heavy (non-hydrogen) atoms. The summed E-state index contributed by atoms with van der Waals surface area (Å²) >= 11 is 0. The lowest BCUT2D eigenvalue weighted by molar-refractivity contribution is 0.487. The molecule has 0 amide bonds. The molecule has 1 N–H and O–H groups in total. The molecule has 0 saturated heterocycles. The van der Waals surface area contributed by atoms with E-state index >= 15 is 0 Å². The van der Waals surface area contributed by atoms with Gasteiger partial charge in [0.25, 0.3) is 10.1 Å². The largest absolute Gasteiger partial charge is 0.285 e. The van der Waals surface area contributed by atoms with E-state index in [9.17, 15) is 8.42 Å². The predicted octanol–water partition coefficient (Wildman–Crippen LogP) is 3.41. The summed E-state index contributed by atoms with van der Waals surface area (Å²) in [6, 6.07) is 20.8. The summed E-state index contributed by atoms with van der Waals surface area (Å²) in [5.74, 6) is -0.368. The van der Waals surface area contributed by atoms with Crippen LogP contribution in [0.2, 0.25) is 0 Å². The smallest absolute Gasteiger partial charge is 0.268 e. The molecule has 2 rings (SSSR count). The van der Waals surface area contributed by atoms with Crippen molar-refractivity contribution in [3.63, 3.8) is 0 Å². The van der Waals surface area contributed by atoms with Crippen molar-refractivity contribution < 1.29 is 13.0 Å². The van der Waals surface area contributed by atoms with Gasteiger partial charge in [0.2, 0.25) is 0 Å². The van der Waals surface area contributed by atoms with Gasteiger partial charge in [-0.15, -0.1) is 6.58 Å². The summed E-state index contributed by atoms with van der Waals surface area (Å²) < 4.78 is 27.3. The molecule has 0 bridgehead atoms. The van der Waals surface area contributed by atoms with Crippen molar-refractivity contribution >= 4 is 10.1 Å². The normalized spacial score (nSPS) is 10.2. The van der Waals surface area contributed by atoms with Crippen molar-refractivity contribution in [2.75, 3.05) is 5.75 Å². The monoisotopic (exact) mass is 276 g/mol. The zero-order chi connectivity index (χ0) is 14.1. The van der Waals surface area contributed by atoms with E-state index in [1.165, 1.54) is 11.1 Å². The maximum Gasteiger partial charge on any atom is 0.268 e. The minimum absolute atomic E-state index is 0.368. The Labute approximate surface area is 114 Å². The lowest BCUT2D eigenvalue weighted by Gasteiger charge is -1.98. The molecule has 0 unspecified atom stereocenters. The van der Waals surface area contributed by atoms with Crippen LogP contribution in [-0.2, 0) is 10.1 Å². The van der Waals surface area contributed by atoms with Gasteiger partial charge >= 0.3 is 0 Å². The van der Waals surface area contributed by atoms with Gasteiger partial charge in [-0.05, 0) is 11.1 Å². The van der Waals surface area contributed by atoms with E-state index in [0.717, 1.165) is 6.08 Å². The van der Waals surface area contributed by atoms with Crippen molar-refractivity contribution in [1.29, 1.82) is 0 Å². The third-order valence-electron chi connectivity index (χ3n) is 2.21. The van der Waals surface area contributed by atoms with E-state index in [-0.39, 0.29) is 5.75 Å². The fourth-order valence-electron chi connectivity index (χ4n) is 1.41. The molecule has 0 saturated carbocycles.